The second-order valence-corrected chi connectivity index (χ2v) is 4.13. The van der Waals surface area contributed by atoms with Gasteiger partial charge in [0.05, 0.1) is 0 Å². The summed E-state index contributed by atoms with van der Waals surface area (Å²) < 4.78 is 0. The Bertz CT molecular complexity index is 320. The SMILES string of the molecule is CCN(CCNc1ccc(N)nn1)C1CC1. The van der Waals surface area contributed by atoms with Gasteiger partial charge in [-0.05, 0) is 31.5 Å². The number of nitrogens with zero attached hydrogens (tertiary/aromatic N) is 3. The zero-order valence-electron chi connectivity index (χ0n) is 9.69. The van der Waals surface area contributed by atoms with E-state index in [0.29, 0.717) is 5.82 Å². The van der Waals surface area contributed by atoms with Crippen LogP contribution in [0.2, 0.25) is 0 Å². The molecule has 0 saturated heterocycles. The lowest BCUT2D eigenvalue weighted by molar-refractivity contribution is 0.289. The van der Waals surface area contributed by atoms with Crippen molar-refractivity contribution in [1.29, 1.82) is 0 Å². The van der Waals surface area contributed by atoms with Crippen LogP contribution in [0.5, 0.6) is 0 Å². The van der Waals surface area contributed by atoms with Crippen LogP contribution in [-0.2, 0) is 0 Å². The van der Waals surface area contributed by atoms with Crippen LogP contribution in [0.1, 0.15) is 19.8 Å². The van der Waals surface area contributed by atoms with Crippen LogP contribution < -0.4 is 11.1 Å². The van der Waals surface area contributed by atoms with E-state index in [1.807, 2.05) is 6.07 Å². The van der Waals surface area contributed by atoms with Crippen molar-refractivity contribution in [3.05, 3.63) is 12.1 Å². The summed E-state index contributed by atoms with van der Waals surface area (Å²) in [5.41, 5.74) is 5.46. The van der Waals surface area contributed by atoms with E-state index >= 15 is 0 Å². The molecule has 0 atom stereocenters. The van der Waals surface area contributed by atoms with Gasteiger partial charge in [0.25, 0.3) is 0 Å². The lowest BCUT2D eigenvalue weighted by atomic mass is 10.4. The molecule has 0 spiro atoms. The summed E-state index contributed by atoms with van der Waals surface area (Å²) >= 11 is 0. The molecule has 88 valence electrons. The molecule has 1 aliphatic carbocycles. The Kier molecular flexibility index (Phi) is 3.56. The van der Waals surface area contributed by atoms with Gasteiger partial charge in [0.1, 0.15) is 11.6 Å². The number of rotatable bonds is 6. The predicted octanol–water partition coefficient (Wildman–Crippen LogP) is 0.955. The number of nitrogens with one attached hydrogen (secondary N) is 1. The van der Waals surface area contributed by atoms with Crippen molar-refractivity contribution in [1.82, 2.24) is 15.1 Å². The topological polar surface area (TPSA) is 67.1 Å². The molecule has 5 nitrogen and oxygen atoms in total. The number of nitrogen functional groups attached to an aromatic ring is 1. The van der Waals surface area contributed by atoms with Gasteiger partial charge in [0, 0.05) is 19.1 Å². The Balaban J connectivity index is 1.72. The highest BCUT2D eigenvalue weighted by molar-refractivity contribution is 5.38. The summed E-state index contributed by atoms with van der Waals surface area (Å²) in [5.74, 6) is 1.25. The number of anilines is 2. The number of aromatic nitrogens is 2. The molecule has 1 heterocycles. The number of likely N-dealkylation sites (N-methyl/N-ethyl adjacent to an activating group) is 1. The summed E-state index contributed by atoms with van der Waals surface area (Å²) in [6.45, 7) is 5.30. The Morgan fingerprint density at radius 3 is 2.81 bits per heavy atom. The highest BCUT2D eigenvalue weighted by atomic mass is 15.2. The molecule has 0 aliphatic heterocycles. The van der Waals surface area contributed by atoms with Gasteiger partial charge >= 0.3 is 0 Å². The molecule has 0 radical (unpaired) electrons. The first-order valence-corrected chi connectivity index (χ1v) is 5.86. The molecule has 1 aliphatic rings. The second-order valence-electron chi connectivity index (χ2n) is 4.13. The third-order valence-corrected chi connectivity index (χ3v) is 2.86. The number of hydrogen-bond acceptors (Lipinski definition) is 5. The molecule has 0 amide bonds. The quantitative estimate of drug-likeness (QED) is 0.748. The first-order chi connectivity index (χ1) is 7.79. The maximum atomic E-state index is 5.46. The molecule has 16 heavy (non-hydrogen) atoms. The van der Waals surface area contributed by atoms with Crippen molar-refractivity contribution in [3.8, 4) is 0 Å². The molecule has 0 aromatic carbocycles. The summed E-state index contributed by atoms with van der Waals surface area (Å²) in [5, 5.41) is 11.0. The van der Waals surface area contributed by atoms with E-state index in [-0.39, 0.29) is 0 Å². The van der Waals surface area contributed by atoms with Gasteiger partial charge in [0.2, 0.25) is 0 Å². The number of hydrogen-bond donors (Lipinski definition) is 2. The normalized spacial score (nSPS) is 15.4. The average molecular weight is 221 g/mol. The maximum absolute atomic E-state index is 5.46. The van der Waals surface area contributed by atoms with E-state index in [1.165, 1.54) is 12.8 Å². The molecule has 1 aromatic rings. The van der Waals surface area contributed by atoms with Crippen LogP contribution in [0, 0.1) is 0 Å². The van der Waals surface area contributed by atoms with Crippen molar-refractivity contribution >= 4 is 11.6 Å². The third-order valence-electron chi connectivity index (χ3n) is 2.86. The third kappa shape index (κ3) is 3.06. The second kappa shape index (κ2) is 5.12. The van der Waals surface area contributed by atoms with Crippen molar-refractivity contribution in [2.45, 2.75) is 25.8 Å². The van der Waals surface area contributed by atoms with Gasteiger partial charge in [-0.1, -0.05) is 6.92 Å². The van der Waals surface area contributed by atoms with Crippen LogP contribution in [0.25, 0.3) is 0 Å². The van der Waals surface area contributed by atoms with Gasteiger partial charge in [-0.2, -0.15) is 0 Å². The summed E-state index contributed by atoms with van der Waals surface area (Å²) in [6.07, 6.45) is 2.71. The Hall–Kier alpha value is -1.36. The van der Waals surface area contributed by atoms with Crippen LogP contribution in [0.4, 0.5) is 11.6 Å². The standard InChI is InChI=1S/C11H19N5/c1-2-16(9-3-4-9)8-7-13-11-6-5-10(12)14-15-11/h5-6,9H,2-4,7-8H2,1H3,(H2,12,14)(H,13,15). The van der Waals surface area contributed by atoms with Crippen LogP contribution in [0.3, 0.4) is 0 Å². The van der Waals surface area contributed by atoms with E-state index in [1.54, 1.807) is 6.07 Å². The summed E-state index contributed by atoms with van der Waals surface area (Å²) in [7, 11) is 0. The lowest BCUT2D eigenvalue weighted by Gasteiger charge is -2.19. The molecular weight excluding hydrogens is 202 g/mol. The molecule has 1 saturated carbocycles. The van der Waals surface area contributed by atoms with Crippen LogP contribution in [0.15, 0.2) is 12.1 Å². The van der Waals surface area contributed by atoms with Gasteiger partial charge in [-0.25, -0.2) is 0 Å². The lowest BCUT2D eigenvalue weighted by Crippen LogP contribution is -2.31. The van der Waals surface area contributed by atoms with Crippen molar-refractivity contribution in [2.75, 3.05) is 30.7 Å². The molecule has 2 rings (SSSR count). The number of nitrogens with two attached hydrogens (primary N) is 1. The predicted molar refractivity (Wildman–Crippen MR) is 65.2 cm³/mol. The molecule has 3 N–H and O–H groups in total. The van der Waals surface area contributed by atoms with Gasteiger partial charge in [-0.3, -0.25) is 4.90 Å². The first-order valence-electron chi connectivity index (χ1n) is 5.86. The van der Waals surface area contributed by atoms with Crippen molar-refractivity contribution in [3.63, 3.8) is 0 Å². The summed E-state index contributed by atoms with van der Waals surface area (Å²) in [6, 6.07) is 4.44. The van der Waals surface area contributed by atoms with Crippen LogP contribution >= 0.6 is 0 Å². The van der Waals surface area contributed by atoms with E-state index in [9.17, 15) is 0 Å². The monoisotopic (exact) mass is 221 g/mol. The smallest absolute Gasteiger partial charge is 0.148 e. The van der Waals surface area contributed by atoms with E-state index in [4.69, 9.17) is 5.73 Å². The first kappa shape index (κ1) is 11.1. The molecular formula is C11H19N5. The fourth-order valence-electron chi connectivity index (χ4n) is 1.80. The van der Waals surface area contributed by atoms with E-state index in [2.05, 4.69) is 27.3 Å². The minimum Gasteiger partial charge on any atom is -0.382 e. The van der Waals surface area contributed by atoms with Crippen molar-refractivity contribution in [2.24, 2.45) is 0 Å². The van der Waals surface area contributed by atoms with Gasteiger partial charge < -0.3 is 11.1 Å². The largest absolute Gasteiger partial charge is 0.382 e. The average Bonchev–Trinajstić information content (AvgIpc) is 3.11. The Morgan fingerprint density at radius 2 is 2.25 bits per heavy atom. The summed E-state index contributed by atoms with van der Waals surface area (Å²) in [4.78, 5) is 2.50. The Labute approximate surface area is 96.0 Å². The van der Waals surface area contributed by atoms with Gasteiger partial charge in [-0.15, -0.1) is 10.2 Å². The fourth-order valence-corrected chi connectivity index (χ4v) is 1.80. The molecule has 5 heteroatoms. The maximum Gasteiger partial charge on any atom is 0.148 e. The van der Waals surface area contributed by atoms with Crippen LogP contribution in [-0.4, -0.2) is 40.8 Å². The minimum atomic E-state index is 0.457. The minimum absolute atomic E-state index is 0.457. The van der Waals surface area contributed by atoms with E-state index < -0.39 is 0 Å². The zero-order valence-corrected chi connectivity index (χ0v) is 9.69. The van der Waals surface area contributed by atoms with Crippen molar-refractivity contribution < 1.29 is 0 Å². The highest BCUT2D eigenvalue weighted by Crippen LogP contribution is 2.25. The fraction of sp³-hybridized carbons (Fsp3) is 0.636. The molecule has 0 unspecified atom stereocenters. The molecule has 1 fully saturated rings. The zero-order chi connectivity index (χ0) is 11.4. The molecule has 0 bridgehead atoms. The molecule has 1 aromatic heterocycles. The van der Waals surface area contributed by atoms with E-state index in [0.717, 1.165) is 31.5 Å². The Morgan fingerprint density at radius 1 is 1.44 bits per heavy atom. The highest BCUT2D eigenvalue weighted by Gasteiger charge is 2.26. The van der Waals surface area contributed by atoms with Gasteiger partial charge in [0.15, 0.2) is 0 Å².